The largest absolute Gasteiger partial charge is 0.496 e. The molecule has 1 fully saturated rings. The Hall–Kier alpha value is -5.25. The lowest BCUT2D eigenvalue weighted by Crippen LogP contribution is -2.52. The first-order valence-electron chi connectivity index (χ1n) is 19.1. The summed E-state index contributed by atoms with van der Waals surface area (Å²) in [5, 5.41) is 5.25. The van der Waals surface area contributed by atoms with Crippen molar-refractivity contribution in [2.75, 3.05) is 67.8 Å². The highest BCUT2D eigenvalue weighted by Crippen LogP contribution is 2.38. The van der Waals surface area contributed by atoms with Crippen LogP contribution in [0.15, 0.2) is 41.3 Å². The third-order valence-electron chi connectivity index (χ3n) is 10.6. The van der Waals surface area contributed by atoms with Crippen LogP contribution < -0.4 is 25.7 Å². The standard InChI is InChI=1S/C41H52N6O9/c1-44(2)22-33-35(53-4)20-27(21-36(33)54-5)30-23-45(3)39(50)32-24-46(15-13-28(30)32)41(52)42-14-17-56-19-18-55-16-7-9-26-8-6-10-29-31(26)25-47(40(29)51)34-11-12-37(48)43-38(34)49/h6,8,10,20-21,23,34H,7,9,11-19,22,24-25H2,1-5H3,(H,42,52)(H,43,48,49). The number of amides is 5. The first kappa shape index (κ1) is 40.4. The zero-order valence-electron chi connectivity index (χ0n) is 32.9. The number of benzene rings is 2. The van der Waals surface area contributed by atoms with Crippen LogP contribution in [-0.4, -0.2) is 117 Å². The number of urea groups is 1. The van der Waals surface area contributed by atoms with Gasteiger partial charge in [-0.25, -0.2) is 4.79 Å². The molecule has 300 valence electrons. The molecule has 3 aliphatic rings. The van der Waals surface area contributed by atoms with E-state index in [1.54, 1.807) is 41.7 Å². The number of hydrogen-bond donors (Lipinski definition) is 2. The fourth-order valence-corrected chi connectivity index (χ4v) is 7.75. The molecule has 6 rings (SSSR count). The Kier molecular flexibility index (Phi) is 13.1. The Morgan fingerprint density at radius 2 is 1.64 bits per heavy atom. The van der Waals surface area contributed by atoms with E-state index in [1.165, 1.54) is 0 Å². The van der Waals surface area contributed by atoms with Crippen LogP contribution in [-0.2, 0) is 58.6 Å². The van der Waals surface area contributed by atoms with Crippen molar-refractivity contribution in [3.05, 3.63) is 80.3 Å². The fourth-order valence-electron chi connectivity index (χ4n) is 7.75. The van der Waals surface area contributed by atoms with E-state index in [0.29, 0.717) is 94.5 Å². The summed E-state index contributed by atoms with van der Waals surface area (Å²) < 4.78 is 24.5. The number of nitrogens with zero attached hydrogens (tertiary/aromatic N) is 4. The maximum atomic E-state index is 13.3. The maximum Gasteiger partial charge on any atom is 0.317 e. The molecule has 3 aliphatic heterocycles. The summed E-state index contributed by atoms with van der Waals surface area (Å²) in [7, 11) is 8.96. The summed E-state index contributed by atoms with van der Waals surface area (Å²) in [6.45, 7) is 3.55. The first-order chi connectivity index (χ1) is 27.0. The number of piperidine rings is 1. The number of pyridine rings is 1. The van der Waals surface area contributed by atoms with Crippen molar-refractivity contribution in [3.63, 3.8) is 0 Å². The number of nitrogens with one attached hydrogen (secondary N) is 2. The number of carbonyl (C=O) groups is 4. The molecule has 1 atom stereocenters. The summed E-state index contributed by atoms with van der Waals surface area (Å²) in [6, 6.07) is 8.71. The minimum absolute atomic E-state index is 0.132. The minimum Gasteiger partial charge on any atom is -0.496 e. The van der Waals surface area contributed by atoms with Crippen molar-refractivity contribution < 1.29 is 38.1 Å². The van der Waals surface area contributed by atoms with Gasteiger partial charge in [0.1, 0.15) is 17.5 Å². The van der Waals surface area contributed by atoms with Crippen molar-refractivity contribution in [2.45, 2.75) is 57.8 Å². The third-order valence-corrected chi connectivity index (χ3v) is 10.6. The van der Waals surface area contributed by atoms with Crippen LogP contribution in [0.3, 0.4) is 0 Å². The SMILES string of the molecule is COc1cc(-c2cn(C)c(=O)c3c2CCN(C(=O)NCCOCCOCCCc2cccc4c2CN(C2CCC(=O)NC2=O)C4=O)C3)cc(OC)c1CN(C)C. The van der Waals surface area contributed by atoms with Crippen molar-refractivity contribution in [1.82, 2.24) is 29.9 Å². The van der Waals surface area contributed by atoms with E-state index < -0.39 is 11.9 Å². The quantitative estimate of drug-likeness (QED) is 0.164. The molecular formula is C41H52N6O9. The zero-order chi connectivity index (χ0) is 39.9. The summed E-state index contributed by atoms with van der Waals surface area (Å²) in [5.41, 5.74) is 6.69. The lowest BCUT2D eigenvalue weighted by atomic mass is 9.91. The Labute approximate surface area is 326 Å². The molecule has 1 unspecified atom stereocenters. The van der Waals surface area contributed by atoms with Crippen LogP contribution in [0.2, 0.25) is 0 Å². The molecule has 5 amide bonds. The Bertz CT molecular complexity index is 2000. The lowest BCUT2D eigenvalue weighted by molar-refractivity contribution is -0.136. The number of fused-ring (bicyclic) bond motifs is 2. The first-order valence-corrected chi connectivity index (χ1v) is 19.1. The van der Waals surface area contributed by atoms with E-state index in [2.05, 4.69) is 10.6 Å². The average molecular weight is 773 g/mol. The van der Waals surface area contributed by atoms with E-state index in [-0.39, 0.29) is 36.4 Å². The van der Waals surface area contributed by atoms with E-state index >= 15 is 0 Å². The molecule has 0 bridgehead atoms. The van der Waals surface area contributed by atoms with Gasteiger partial charge in [-0.05, 0) is 80.2 Å². The van der Waals surface area contributed by atoms with Gasteiger partial charge < -0.3 is 43.5 Å². The topological polar surface area (TPSA) is 161 Å². The van der Waals surface area contributed by atoms with Gasteiger partial charge in [-0.15, -0.1) is 0 Å². The number of imide groups is 1. The number of hydrogen-bond acceptors (Lipinski definition) is 10. The zero-order valence-corrected chi connectivity index (χ0v) is 32.9. The number of rotatable bonds is 16. The smallest absolute Gasteiger partial charge is 0.317 e. The number of aryl methyl sites for hydroxylation is 2. The van der Waals surface area contributed by atoms with Gasteiger partial charge in [0.2, 0.25) is 11.8 Å². The van der Waals surface area contributed by atoms with E-state index in [9.17, 15) is 24.0 Å². The second kappa shape index (κ2) is 18.1. The van der Waals surface area contributed by atoms with Crippen LogP contribution >= 0.6 is 0 Å². The van der Waals surface area contributed by atoms with Gasteiger partial charge in [-0.3, -0.25) is 24.5 Å². The lowest BCUT2D eigenvalue weighted by Gasteiger charge is -2.30. The summed E-state index contributed by atoms with van der Waals surface area (Å²) in [4.78, 5) is 68.8. The summed E-state index contributed by atoms with van der Waals surface area (Å²) >= 11 is 0. The van der Waals surface area contributed by atoms with E-state index in [4.69, 9.17) is 18.9 Å². The Morgan fingerprint density at radius 1 is 0.911 bits per heavy atom. The highest BCUT2D eigenvalue weighted by Gasteiger charge is 2.39. The number of aromatic nitrogens is 1. The van der Waals surface area contributed by atoms with Crippen LogP contribution in [0.5, 0.6) is 11.5 Å². The van der Waals surface area contributed by atoms with Gasteiger partial charge in [-0.2, -0.15) is 0 Å². The van der Waals surface area contributed by atoms with Gasteiger partial charge in [0.25, 0.3) is 11.5 Å². The molecule has 0 spiro atoms. The molecule has 2 aromatic carbocycles. The molecule has 1 saturated heterocycles. The van der Waals surface area contributed by atoms with Crippen molar-refractivity contribution in [1.29, 1.82) is 0 Å². The molecule has 15 heteroatoms. The molecule has 0 aliphatic carbocycles. The van der Waals surface area contributed by atoms with Crippen molar-refractivity contribution in [3.8, 4) is 22.6 Å². The number of ether oxygens (including phenoxy) is 4. The van der Waals surface area contributed by atoms with Gasteiger partial charge in [0.15, 0.2) is 0 Å². The van der Waals surface area contributed by atoms with Crippen LogP contribution in [0, 0.1) is 0 Å². The van der Waals surface area contributed by atoms with Crippen molar-refractivity contribution in [2.24, 2.45) is 7.05 Å². The molecule has 1 aromatic heterocycles. The molecular weight excluding hydrogens is 720 g/mol. The third kappa shape index (κ3) is 8.90. The second-order valence-electron chi connectivity index (χ2n) is 14.6. The maximum absolute atomic E-state index is 13.3. The van der Waals surface area contributed by atoms with Crippen LogP contribution in [0.25, 0.3) is 11.1 Å². The predicted octanol–water partition coefficient (Wildman–Crippen LogP) is 2.63. The van der Waals surface area contributed by atoms with Gasteiger partial charge in [-0.1, -0.05) is 12.1 Å². The fraction of sp³-hybridized carbons (Fsp3) is 0.488. The monoisotopic (exact) mass is 772 g/mol. The normalized spacial score (nSPS) is 16.5. The number of carbonyl (C=O) groups excluding carboxylic acids is 4. The highest BCUT2D eigenvalue weighted by atomic mass is 16.5. The Balaban J connectivity index is 0.923. The number of methoxy groups -OCH3 is 2. The summed E-state index contributed by atoms with van der Waals surface area (Å²) in [5.74, 6) is 0.507. The average Bonchev–Trinajstić information content (AvgIpc) is 3.52. The van der Waals surface area contributed by atoms with Crippen molar-refractivity contribution >= 4 is 23.8 Å². The highest BCUT2D eigenvalue weighted by molar-refractivity contribution is 6.05. The van der Waals surface area contributed by atoms with Gasteiger partial charge >= 0.3 is 6.03 Å². The molecule has 0 saturated carbocycles. The molecule has 56 heavy (non-hydrogen) atoms. The van der Waals surface area contributed by atoms with E-state index in [1.807, 2.05) is 49.5 Å². The predicted molar refractivity (Wildman–Crippen MR) is 208 cm³/mol. The van der Waals surface area contributed by atoms with Gasteiger partial charge in [0, 0.05) is 69.1 Å². The van der Waals surface area contributed by atoms with E-state index in [0.717, 1.165) is 39.8 Å². The Morgan fingerprint density at radius 3 is 2.34 bits per heavy atom. The molecule has 4 heterocycles. The molecule has 15 nitrogen and oxygen atoms in total. The minimum atomic E-state index is -0.636. The van der Waals surface area contributed by atoms with Crippen LogP contribution in [0.4, 0.5) is 4.79 Å². The second-order valence-corrected chi connectivity index (χ2v) is 14.6. The van der Waals surface area contributed by atoms with Crippen LogP contribution in [0.1, 0.15) is 57.4 Å². The molecule has 0 radical (unpaired) electrons. The molecule has 2 N–H and O–H groups in total. The molecule has 3 aromatic rings. The van der Waals surface area contributed by atoms with Gasteiger partial charge in [0.05, 0.1) is 46.1 Å². The summed E-state index contributed by atoms with van der Waals surface area (Å²) in [6.07, 6.45) is 4.39.